The summed E-state index contributed by atoms with van der Waals surface area (Å²) < 4.78 is 14.3. The van der Waals surface area contributed by atoms with Crippen LogP contribution >= 0.6 is 0 Å². The summed E-state index contributed by atoms with van der Waals surface area (Å²) in [6, 6.07) is 152. The zero-order chi connectivity index (χ0) is 78.6. The van der Waals surface area contributed by atoms with Crippen molar-refractivity contribution >= 4 is 131 Å². The second-order valence-electron chi connectivity index (χ2n) is 31.5. The van der Waals surface area contributed by atoms with Gasteiger partial charge in [0.05, 0.1) is 66.2 Å². The molecule has 9 heteroatoms. The van der Waals surface area contributed by atoms with E-state index in [1.54, 1.807) is 0 Å². The number of hydrogen-bond donors (Lipinski definition) is 0. The molecule has 0 amide bonds. The lowest BCUT2D eigenvalue weighted by molar-refractivity contribution is 1.07. The minimum atomic E-state index is 0.555. The van der Waals surface area contributed by atoms with Crippen molar-refractivity contribution in [3.05, 3.63) is 419 Å². The fraction of sp³-hybridized carbons (Fsp3) is 0. The van der Waals surface area contributed by atoms with Gasteiger partial charge in [0.2, 0.25) is 0 Å². The largest absolute Gasteiger partial charge is 0.309 e. The maximum absolute atomic E-state index is 5.59. The van der Waals surface area contributed by atoms with Crippen molar-refractivity contribution in [2.24, 2.45) is 0 Å². The second kappa shape index (κ2) is 26.7. The smallest absolute Gasteiger partial charge is 0.164 e. The number of aromatic nitrogens is 9. The van der Waals surface area contributed by atoms with E-state index in [1.165, 1.54) is 97.7 Å². The van der Waals surface area contributed by atoms with Gasteiger partial charge in [0.1, 0.15) is 0 Å². The van der Waals surface area contributed by atoms with Crippen molar-refractivity contribution < 1.29 is 0 Å². The Morgan fingerprint density at radius 1 is 0.117 bits per heavy atom. The quantitative estimate of drug-likeness (QED) is 0.122. The molecule has 9 nitrogen and oxygen atoms in total. The first kappa shape index (κ1) is 67.1. The average molecular weight is 1530 g/mol. The molecule has 0 atom stereocenters. The highest BCUT2D eigenvalue weighted by molar-refractivity contribution is 6.17. The topological polar surface area (TPSA) is 68.2 Å². The highest BCUT2D eigenvalue weighted by Gasteiger charge is 2.24. The van der Waals surface area contributed by atoms with Crippen LogP contribution in [0.15, 0.2) is 419 Å². The van der Waals surface area contributed by atoms with E-state index >= 15 is 0 Å². The van der Waals surface area contributed by atoms with Crippen LogP contribution in [0.2, 0.25) is 0 Å². The van der Waals surface area contributed by atoms with Gasteiger partial charge in [-0.3, -0.25) is 0 Å². The van der Waals surface area contributed by atoms with Gasteiger partial charge in [-0.1, -0.05) is 237 Å². The van der Waals surface area contributed by atoms with Gasteiger partial charge < -0.3 is 27.4 Å². The number of benzene rings is 18. The first-order chi connectivity index (χ1) is 59.5. The molecule has 0 unspecified atom stereocenters. The van der Waals surface area contributed by atoms with Crippen LogP contribution in [0.1, 0.15) is 0 Å². The van der Waals surface area contributed by atoms with Crippen LogP contribution in [-0.4, -0.2) is 42.4 Å². The first-order valence-electron chi connectivity index (χ1n) is 41.0. The molecule has 7 heterocycles. The van der Waals surface area contributed by atoms with E-state index in [0.29, 0.717) is 17.5 Å². The molecule has 25 aromatic rings. The van der Waals surface area contributed by atoms with E-state index in [1.807, 2.05) is 0 Å². The van der Waals surface area contributed by atoms with Crippen molar-refractivity contribution in [2.75, 3.05) is 0 Å². The van der Waals surface area contributed by atoms with E-state index in [-0.39, 0.29) is 0 Å². The summed E-state index contributed by atoms with van der Waals surface area (Å²) in [5.41, 5.74) is 29.6. The first-order valence-corrected chi connectivity index (χ1v) is 41.0. The lowest BCUT2D eigenvalue weighted by Crippen LogP contribution is -2.02. The van der Waals surface area contributed by atoms with E-state index in [9.17, 15) is 0 Å². The zero-order valence-corrected chi connectivity index (χ0v) is 64.9. The molecule has 7 aromatic heterocycles. The summed E-state index contributed by atoms with van der Waals surface area (Å²) in [7, 11) is 0. The Hall–Kier alpha value is -16.2. The van der Waals surface area contributed by atoms with E-state index in [4.69, 9.17) is 15.0 Å². The molecular formula is C111H69N9. The third kappa shape index (κ3) is 10.5. The molecule has 0 aliphatic rings. The lowest BCUT2D eigenvalue weighted by Gasteiger charge is -2.14. The molecule has 0 N–H and O–H groups in total. The maximum atomic E-state index is 5.59. The normalized spacial score (nSPS) is 12.0. The number of hydrogen-bond acceptors (Lipinski definition) is 3. The number of nitrogens with zero attached hydrogens (tertiary/aromatic N) is 9. The van der Waals surface area contributed by atoms with Crippen molar-refractivity contribution in [1.29, 1.82) is 0 Å². The van der Waals surface area contributed by atoms with Crippen molar-refractivity contribution in [1.82, 2.24) is 42.4 Å². The molecule has 0 saturated heterocycles. The summed E-state index contributed by atoms with van der Waals surface area (Å²) in [6.07, 6.45) is 0. The van der Waals surface area contributed by atoms with Crippen LogP contribution in [0.5, 0.6) is 0 Å². The second-order valence-corrected chi connectivity index (χ2v) is 31.5. The summed E-state index contributed by atoms with van der Waals surface area (Å²) in [4.78, 5) is 16.8. The van der Waals surface area contributed by atoms with Gasteiger partial charge in [-0.05, 0) is 215 Å². The highest BCUT2D eigenvalue weighted by Crippen LogP contribution is 2.45. The predicted molar refractivity (Wildman–Crippen MR) is 498 cm³/mol. The number of para-hydroxylation sites is 9. The molecule has 0 aliphatic heterocycles. The van der Waals surface area contributed by atoms with Crippen molar-refractivity contribution in [3.8, 4) is 102 Å². The molecule has 0 saturated carbocycles. The Morgan fingerprint density at radius 2 is 0.292 bits per heavy atom. The van der Waals surface area contributed by atoms with Gasteiger partial charge in [-0.15, -0.1) is 0 Å². The van der Waals surface area contributed by atoms with Crippen LogP contribution < -0.4 is 0 Å². The van der Waals surface area contributed by atoms with E-state index in [2.05, 4.69) is 446 Å². The van der Waals surface area contributed by atoms with E-state index < -0.39 is 0 Å². The molecule has 0 bridgehead atoms. The molecule has 120 heavy (non-hydrogen) atoms. The van der Waals surface area contributed by atoms with Crippen LogP contribution in [0.25, 0.3) is 233 Å². The summed E-state index contributed by atoms with van der Waals surface area (Å²) in [5.74, 6) is 1.66. The van der Waals surface area contributed by atoms with Gasteiger partial charge in [-0.2, -0.15) is 0 Å². The SMILES string of the molecule is c1ccc(-n2c3ccccc3c3cc(-c4ccc5c(c4)c4ccccc4n5-c4cccc(-c5nc(-c6cccc(-n7c8ccccc8c8cc(-c9ccc%10c(c9)c9ccccc9n%10-c9ccccc9)ccc87)c6)nc(-c6cccc(-n7c8ccccc8c8cc(-c9ccc%10c(c9)c9ccccc9n%10-c9ccccc9)ccc87)c6)n5)c4)ccc32)cc1. The fourth-order valence-corrected chi connectivity index (χ4v) is 19.4. The van der Waals surface area contributed by atoms with Gasteiger partial charge in [0.25, 0.3) is 0 Å². The van der Waals surface area contributed by atoms with E-state index in [0.717, 1.165) is 117 Å². The monoisotopic (exact) mass is 1530 g/mol. The van der Waals surface area contributed by atoms with Crippen molar-refractivity contribution in [3.63, 3.8) is 0 Å². The third-order valence-corrected chi connectivity index (χ3v) is 24.8. The number of fused-ring (bicyclic) bond motifs is 18. The minimum Gasteiger partial charge on any atom is -0.309 e. The predicted octanol–water partition coefficient (Wildman–Crippen LogP) is 28.5. The van der Waals surface area contributed by atoms with Crippen LogP contribution in [0.3, 0.4) is 0 Å². The van der Waals surface area contributed by atoms with Crippen LogP contribution in [0.4, 0.5) is 0 Å². The molecule has 25 rings (SSSR count). The Morgan fingerprint density at radius 3 is 0.508 bits per heavy atom. The average Bonchev–Trinajstić information content (AvgIpc) is 1.90. The Kier molecular flexibility index (Phi) is 14.9. The Bertz CT molecular complexity index is 7740. The number of rotatable bonds is 12. The lowest BCUT2D eigenvalue weighted by atomic mass is 10.0. The Labute approximate surface area is 688 Å². The third-order valence-electron chi connectivity index (χ3n) is 24.8. The highest BCUT2D eigenvalue weighted by atomic mass is 15.1. The molecule has 0 spiro atoms. The fourth-order valence-electron chi connectivity index (χ4n) is 19.4. The molecule has 558 valence electrons. The van der Waals surface area contributed by atoms with Crippen LogP contribution in [-0.2, 0) is 0 Å². The van der Waals surface area contributed by atoms with Gasteiger partial charge in [0.15, 0.2) is 17.5 Å². The molecule has 18 aromatic carbocycles. The summed E-state index contributed by atoms with van der Waals surface area (Å²) >= 11 is 0. The maximum Gasteiger partial charge on any atom is 0.164 e. The zero-order valence-electron chi connectivity index (χ0n) is 64.9. The molecular weight excluding hydrogens is 1460 g/mol. The van der Waals surface area contributed by atoms with Crippen LogP contribution in [0, 0.1) is 0 Å². The minimum absolute atomic E-state index is 0.555. The van der Waals surface area contributed by atoms with Gasteiger partial charge in [-0.25, -0.2) is 15.0 Å². The Balaban J connectivity index is 0.623. The standard InChI is InChI=1S/C111H69N9/c1-4-28-79(29-5-1)115-97-43-16-10-37-85(97)91-64-70(49-55-103(91)115)73-52-58-106-94(67-73)88-40-13-19-46-100(88)118(106)82-34-22-25-76(61-82)109-112-110(77-26-23-35-83(62-77)119-101-47-20-14-41-89(101)95-68-74(53-59-107(95)119)71-50-56-104-92(65-71)86-38-11-17-44-98(86)116(104)80-30-6-2-7-31-80)114-111(113-109)78-27-24-36-84(63-78)120-102-48-21-15-42-90(102)96-69-75(54-60-108(96)120)72-51-57-105-93(66-72)87-39-12-18-45-99(87)117(105)81-32-8-3-9-33-81/h1-69H. The summed E-state index contributed by atoms with van der Waals surface area (Å²) in [5, 5.41) is 14.3. The molecule has 0 aliphatic carbocycles. The molecule has 0 radical (unpaired) electrons. The van der Waals surface area contributed by atoms with Crippen molar-refractivity contribution in [2.45, 2.75) is 0 Å². The van der Waals surface area contributed by atoms with Gasteiger partial charge in [0, 0.05) is 115 Å². The van der Waals surface area contributed by atoms with Gasteiger partial charge >= 0.3 is 0 Å². The molecule has 0 fully saturated rings. The summed E-state index contributed by atoms with van der Waals surface area (Å²) in [6.45, 7) is 0.